The fraction of sp³-hybridized carbons (Fsp3) is 0.429. The normalized spacial score (nSPS) is 13.1. The van der Waals surface area contributed by atoms with E-state index in [1.54, 1.807) is 6.08 Å². The van der Waals surface area contributed by atoms with Gasteiger partial charge in [-0.15, -0.1) is 0 Å². The summed E-state index contributed by atoms with van der Waals surface area (Å²) < 4.78 is 0. The summed E-state index contributed by atoms with van der Waals surface area (Å²) in [6.07, 6.45) is 6.48. The van der Waals surface area contributed by atoms with Crippen molar-refractivity contribution in [3.05, 3.63) is 36.1 Å². The van der Waals surface area contributed by atoms with E-state index in [9.17, 15) is 0 Å². The molecule has 0 aromatic carbocycles. The summed E-state index contributed by atoms with van der Waals surface area (Å²) in [5, 5.41) is 0. The number of nitrogens with zero attached hydrogens (tertiary/aromatic N) is 2. The minimum Gasteiger partial charge on any atom is -0.293 e. The van der Waals surface area contributed by atoms with Gasteiger partial charge in [0.25, 0.3) is 0 Å². The molecule has 0 radical (unpaired) electrons. The smallest absolute Gasteiger partial charge is 0.0366 e. The molecule has 0 aromatic rings. The first kappa shape index (κ1) is 14.6. The molecule has 2 nitrogen and oxygen atoms in total. The first-order valence-electron chi connectivity index (χ1n) is 5.44. The van der Waals surface area contributed by atoms with Crippen molar-refractivity contribution in [2.75, 3.05) is 7.05 Å². The van der Waals surface area contributed by atoms with Gasteiger partial charge in [0.2, 0.25) is 0 Å². The first-order valence-corrected chi connectivity index (χ1v) is 5.44. The van der Waals surface area contributed by atoms with Crippen LogP contribution in [0.2, 0.25) is 0 Å². The highest BCUT2D eigenvalue weighted by atomic mass is 14.7. The molecule has 0 atom stereocenters. The SMILES string of the molecule is C=CC(C)=N/C=C\CC(C(C)=NC)=C(C)C. The van der Waals surface area contributed by atoms with Crippen LogP contribution in [0.3, 0.4) is 0 Å². The van der Waals surface area contributed by atoms with Gasteiger partial charge >= 0.3 is 0 Å². The van der Waals surface area contributed by atoms with Crippen molar-refractivity contribution in [2.24, 2.45) is 9.98 Å². The van der Waals surface area contributed by atoms with Crippen LogP contribution in [0.25, 0.3) is 0 Å². The molecule has 0 amide bonds. The van der Waals surface area contributed by atoms with Gasteiger partial charge < -0.3 is 0 Å². The zero-order valence-electron chi connectivity index (χ0n) is 11.0. The zero-order chi connectivity index (χ0) is 12.6. The molecule has 88 valence electrons. The highest BCUT2D eigenvalue weighted by Gasteiger charge is 2.00. The predicted molar refractivity (Wildman–Crippen MR) is 74.5 cm³/mol. The summed E-state index contributed by atoms with van der Waals surface area (Å²) in [5.41, 5.74) is 4.60. The van der Waals surface area contributed by atoms with Crippen LogP contribution in [0, 0.1) is 0 Å². The molecule has 2 heteroatoms. The molecule has 0 aromatic heterocycles. The van der Waals surface area contributed by atoms with Crippen LogP contribution >= 0.6 is 0 Å². The standard InChI is InChI=1S/C14H22N2/c1-7-12(4)16-10-8-9-14(11(2)3)13(5)15-6/h7-8,10H,1,9H2,2-6H3/b10-8-,15-13?,16-12?. The third-order valence-electron chi connectivity index (χ3n) is 2.38. The molecule has 0 saturated carbocycles. The second kappa shape index (κ2) is 7.80. The van der Waals surface area contributed by atoms with E-state index in [1.807, 2.05) is 33.2 Å². The number of hydrogen-bond acceptors (Lipinski definition) is 2. The van der Waals surface area contributed by atoms with E-state index in [1.165, 1.54) is 11.1 Å². The van der Waals surface area contributed by atoms with Gasteiger partial charge in [-0.3, -0.25) is 9.98 Å². The van der Waals surface area contributed by atoms with Crippen molar-refractivity contribution in [1.29, 1.82) is 0 Å². The summed E-state index contributed by atoms with van der Waals surface area (Å²) >= 11 is 0. The summed E-state index contributed by atoms with van der Waals surface area (Å²) in [6, 6.07) is 0. The summed E-state index contributed by atoms with van der Waals surface area (Å²) in [4.78, 5) is 8.43. The minimum absolute atomic E-state index is 0.874. The maximum Gasteiger partial charge on any atom is 0.0366 e. The Hall–Kier alpha value is -1.44. The van der Waals surface area contributed by atoms with E-state index in [0.717, 1.165) is 17.8 Å². The van der Waals surface area contributed by atoms with Crippen LogP contribution < -0.4 is 0 Å². The highest BCUT2D eigenvalue weighted by molar-refractivity contribution is 5.98. The van der Waals surface area contributed by atoms with Gasteiger partial charge in [-0.1, -0.05) is 18.2 Å². The fourth-order valence-electron chi connectivity index (χ4n) is 1.24. The molecule has 0 aliphatic carbocycles. The van der Waals surface area contributed by atoms with E-state index in [-0.39, 0.29) is 0 Å². The molecule has 0 unspecified atom stereocenters. The molecule has 0 heterocycles. The molecule has 0 aliphatic rings. The molecule has 0 aliphatic heterocycles. The zero-order valence-corrected chi connectivity index (χ0v) is 11.0. The lowest BCUT2D eigenvalue weighted by atomic mass is 10.0. The van der Waals surface area contributed by atoms with Crippen LogP contribution in [0.15, 0.2) is 46.1 Å². The van der Waals surface area contributed by atoms with Crippen molar-refractivity contribution < 1.29 is 0 Å². The number of allylic oxidation sites excluding steroid dienone is 4. The summed E-state index contributed by atoms with van der Waals surface area (Å²) in [7, 11) is 1.82. The van der Waals surface area contributed by atoms with Gasteiger partial charge in [-0.2, -0.15) is 0 Å². The Morgan fingerprint density at radius 2 is 1.81 bits per heavy atom. The topological polar surface area (TPSA) is 24.7 Å². The van der Waals surface area contributed by atoms with Crippen LogP contribution in [0.5, 0.6) is 0 Å². The minimum atomic E-state index is 0.874. The Bertz CT molecular complexity index is 351. The molecule has 0 N–H and O–H groups in total. The molecular weight excluding hydrogens is 196 g/mol. The van der Waals surface area contributed by atoms with Crippen LogP contribution in [-0.4, -0.2) is 18.5 Å². The Morgan fingerprint density at radius 3 is 2.25 bits per heavy atom. The van der Waals surface area contributed by atoms with E-state index >= 15 is 0 Å². The summed E-state index contributed by atoms with van der Waals surface area (Å²) in [6.45, 7) is 11.8. The maximum absolute atomic E-state index is 4.21. The van der Waals surface area contributed by atoms with Crippen molar-refractivity contribution in [3.63, 3.8) is 0 Å². The molecule has 0 saturated heterocycles. The van der Waals surface area contributed by atoms with Gasteiger partial charge in [0.05, 0.1) is 0 Å². The summed E-state index contributed by atoms with van der Waals surface area (Å²) in [5.74, 6) is 0. The molecule has 16 heavy (non-hydrogen) atoms. The van der Waals surface area contributed by atoms with E-state index in [4.69, 9.17) is 0 Å². The van der Waals surface area contributed by atoms with Crippen LogP contribution in [0.1, 0.15) is 34.1 Å². The van der Waals surface area contributed by atoms with Crippen molar-refractivity contribution in [2.45, 2.75) is 34.1 Å². The van der Waals surface area contributed by atoms with Crippen LogP contribution in [-0.2, 0) is 0 Å². The average Bonchev–Trinajstić information content (AvgIpc) is 2.27. The number of hydrogen-bond donors (Lipinski definition) is 0. The predicted octanol–water partition coefficient (Wildman–Crippen LogP) is 3.96. The number of rotatable bonds is 5. The van der Waals surface area contributed by atoms with Crippen molar-refractivity contribution in [3.8, 4) is 0 Å². The lowest BCUT2D eigenvalue weighted by Crippen LogP contribution is -1.98. The van der Waals surface area contributed by atoms with E-state index < -0.39 is 0 Å². The van der Waals surface area contributed by atoms with Gasteiger partial charge in [-0.25, -0.2) is 0 Å². The van der Waals surface area contributed by atoms with Gasteiger partial charge in [0, 0.05) is 24.7 Å². The number of aliphatic imine (C=N–C) groups is 2. The Kier molecular flexibility index (Phi) is 7.10. The van der Waals surface area contributed by atoms with Gasteiger partial charge in [0.15, 0.2) is 0 Å². The quantitative estimate of drug-likeness (QED) is 0.624. The third-order valence-corrected chi connectivity index (χ3v) is 2.38. The lowest BCUT2D eigenvalue weighted by molar-refractivity contribution is 1.19. The highest BCUT2D eigenvalue weighted by Crippen LogP contribution is 2.11. The Labute approximate surface area is 99.2 Å². The van der Waals surface area contributed by atoms with E-state index in [0.29, 0.717) is 0 Å². The van der Waals surface area contributed by atoms with Gasteiger partial charge in [-0.05, 0) is 45.8 Å². The first-order chi connectivity index (χ1) is 7.52. The Morgan fingerprint density at radius 1 is 1.19 bits per heavy atom. The largest absolute Gasteiger partial charge is 0.293 e. The molecule has 0 rings (SSSR count). The van der Waals surface area contributed by atoms with E-state index in [2.05, 4.69) is 30.4 Å². The second-order valence-electron chi connectivity index (χ2n) is 3.85. The Balaban J connectivity index is 4.60. The fourth-order valence-corrected chi connectivity index (χ4v) is 1.24. The van der Waals surface area contributed by atoms with Gasteiger partial charge in [0.1, 0.15) is 0 Å². The third kappa shape index (κ3) is 5.44. The molecule has 0 bridgehead atoms. The molecule has 0 spiro atoms. The monoisotopic (exact) mass is 218 g/mol. The average molecular weight is 218 g/mol. The molecular formula is C14H22N2. The van der Waals surface area contributed by atoms with Crippen molar-refractivity contribution >= 4 is 11.4 Å². The van der Waals surface area contributed by atoms with Crippen LogP contribution in [0.4, 0.5) is 0 Å². The lowest BCUT2D eigenvalue weighted by Gasteiger charge is -2.05. The molecule has 0 fully saturated rings. The second-order valence-corrected chi connectivity index (χ2v) is 3.85. The van der Waals surface area contributed by atoms with Crippen molar-refractivity contribution in [1.82, 2.24) is 0 Å². The maximum atomic E-state index is 4.21.